The lowest BCUT2D eigenvalue weighted by molar-refractivity contribution is 0.101. The normalized spacial score (nSPS) is 11.9. The first-order chi connectivity index (χ1) is 8.00. The number of carbonyl (C=O) groups excluding carboxylic acids is 1. The third-order valence-electron chi connectivity index (χ3n) is 2.01. The number of carbonyl (C=O) groups is 1. The van der Waals surface area contributed by atoms with E-state index in [9.17, 15) is 9.36 Å². The molecule has 0 atom stereocenters. The molecule has 0 N–H and O–H groups in total. The number of ketones is 1. The van der Waals surface area contributed by atoms with Crippen molar-refractivity contribution in [3.63, 3.8) is 0 Å². The summed E-state index contributed by atoms with van der Waals surface area (Å²) < 4.78 is 20.7. The average molecular weight is 256 g/mol. The smallest absolute Gasteiger partial charge is 0.295 e. The van der Waals surface area contributed by atoms with Gasteiger partial charge in [-0.25, -0.2) is 4.57 Å². The van der Waals surface area contributed by atoms with E-state index in [-0.39, 0.29) is 5.78 Å². The van der Waals surface area contributed by atoms with Gasteiger partial charge < -0.3 is 0 Å². The van der Waals surface area contributed by atoms with Crippen molar-refractivity contribution in [3.05, 3.63) is 29.8 Å². The number of Topliss-reactive ketones (excluding diaryl/α,β-unsaturated/α-hetero) is 1. The predicted octanol–water partition coefficient (Wildman–Crippen LogP) is 3.37. The van der Waals surface area contributed by atoms with Crippen LogP contribution in [-0.2, 0) is 13.6 Å². The summed E-state index contributed by atoms with van der Waals surface area (Å²) in [5.41, 5.74) is 1.04. The summed E-state index contributed by atoms with van der Waals surface area (Å²) in [6, 6.07) is 6.41. The molecule has 0 aromatic heterocycles. The highest BCUT2D eigenvalue weighted by atomic mass is 31.2. The molecule has 0 spiro atoms. The Hall–Kier alpha value is -1.36. The molecule has 1 aromatic carbocycles. The molecule has 0 aliphatic rings. The van der Waals surface area contributed by atoms with Crippen LogP contribution in [0.1, 0.15) is 17.3 Å². The first kappa shape index (κ1) is 13.7. The summed E-state index contributed by atoms with van der Waals surface area (Å²) in [6.45, 7) is 1.47. The standard InChI is InChI=1S/C10H13N2O4P/c1-8(13)9-4-6-10(7-5-9)11-12-17(14,15-2)16-3/h4-7H,1-3H3. The van der Waals surface area contributed by atoms with Gasteiger partial charge in [-0.05, 0) is 31.2 Å². The fraction of sp³-hybridized carbons (Fsp3) is 0.300. The SMILES string of the molecule is COP(=O)(N=Nc1ccc(C(C)=O)cc1)OC. The first-order valence-corrected chi connectivity index (χ1v) is 6.26. The van der Waals surface area contributed by atoms with Crippen molar-refractivity contribution in [2.24, 2.45) is 10.00 Å². The molecule has 0 saturated carbocycles. The van der Waals surface area contributed by atoms with Crippen molar-refractivity contribution in [2.45, 2.75) is 6.92 Å². The summed E-state index contributed by atoms with van der Waals surface area (Å²) in [5, 5.41) is 3.72. The quantitative estimate of drug-likeness (QED) is 0.459. The molecule has 92 valence electrons. The first-order valence-electron chi connectivity index (χ1n) is 4.76. The lowest BCUT2D eigenvalue weighted by Crippen LogP contribution is -1.89. The van der Waals surface area contributed by atoms with Crippen LogP contribution in [0.2, 0.25) is 0 Å². The molecule has 7 heteroatoms. The van der Waals surface area contributed by atoms with Gasteiger partial charge in [0.05, 0.1) is 5.69 Å². The molecule has 0 radical (unpaired) electrons. The van der Waals surface area contributed by atoms with Gasteiger partial charge in [-0.15, -0.1) is 5.11 Å². The second-order valence-corrected chi connectivity index (χ2v) is 4.97. The molecule has 17 heavy (non-hydrogen) atoms. The monoisotopic (exact) mass is 256 g/mol. The van der Waals surface area contributed by atoms with Crippen molar-refractivity contribution in [1.29, 1.82) is 0 Å². The predicted molar refractivity (Wildman–Crippen MR) is 62.6 cm³/mol. The minimum Gasteiger partial charge on any atom is -0.295 e. The van der Waals surface area contributed by atoms with Crippen LogP contribution in [0.4, 0.5) is 5.69 Å². The van der Waals surface area contributed by atoms with Crippen molar-refractivity contribution < 1.29 is 18.4 Å². The molecule has 0 saturated heterocycles. The van der Waals surface area contributed by atoms with E-state index in [0.717, 1.165) is 0 Å². The lowest BCUT2D eigenvalue weighted by atomic mass is 10.1. The molecule has 0 aliphatic heterocycles. The Labute approximate surface area is 99.2 Å². The van der Waals surface area contributed by atoms with E-state index in [4.69, 9.17) is 0 Å². The molecule has 0 amide bonds. The third kappa shape index (κ3) is 3.85. The molecular formula is C10H13N2O4P. The fourth-order valence-corrected chi connectivity index (χ4v) is 1.52. The second-order valence-electron chi connectivity index (χ2n) is 3.13. The van der Waals surface area contributed by atoms with Gasteiger partial charge in [-0.3, -0.25) is 13.8 Å². The Kier molecular flexibility index (Phi) is 4.69. The number of benzene rings is 1. The van der Waals surface area contributed by atoms with E-state index in [1.807, 2.05) is 0 Å². The summed E-state index contributed by atoms with van der Waals surface area (Å²) in [5.74, 6) is -0.0343. The van der Waals surface area contributed by atoms with E-state index in [1.54, 1.807) is 24.3 Å². The maximum Gasteiger partial charge on any atom is 0.471 e. The summed E-state index contributed by atoms with van der Waals surface area (Å²) in [4.78, 5) is 14.5. The molecule has 0 bridgehead atoms. The van der Waals surface area contributed by atoms with Crippen LogP contribution in [0.5, 0.6) is 0 Å². The van der Waals surface area contributed by atoms with E-state index in [0.29, 0.717) is 11.3 Å². The Morgan fingerprint density at radius 3 is 2.12 bits per heavy atom. The van der Waals surface area contributed by atoms with Gasteiger partial charge in [0.2, 0.25) is 0 Å². The molecule has 0 aliphatic carbocycles. The van der Waals surface area contributed by atoms with Gasteiger partial charge in [-0.2, -0.15) is 0 Å². The van der Waals surface area contributed by atoms with E-state index in [2.05, 4.69) is 19.0 Å². The highest BCUT2D eigenvalue weighted by Crippen LogP contribution is 2.48. The highest BCUT2D eigenvalue weighted by Gasteiger charge is 2.19. The van der Waals surface area contributed by atoms with Crippen LogP contribution in [0.3, 0.4) is 0 Å². The fourth-order valence-electron chi connectivity index (χ4n) is 1.02. The molecular weight excluding hydrogens is 243 g/mol. The van der Waals surface area contributed by atoms with Crippen LogP contribution in [0, 0.1) is 0 Å². The number of hydrogen-bond acceptors (Lipinski definition) is 5. The number of hydrogen-bond donors (Lipinski definition) is 0. The molecule has 0 fully saturated rings. The van der Waals surface area contributed by atoms with E-state index >= 15 is 0 Å². The van der Waals surface area contributed by atoms with Gasteiger partial charge in [0.1, 0.15) is 0 Å². The average Bonchev–Trinajstić information content (AvgIpc) is 2.36. The van der Waals surface area contributed by atoms with Gasteiger partial charge in [0.25, 0.3) is 0 Å². The Bertz CT molecular complexity index is 462. The maximum absolute atomic E-state index is 11.5. The zero-order valence-electron chi connectivity index (χ0n) is 9.78. The van der Waals surface area contributed by atoms with Crippen LogP contribution >= 0.6 is 7.75 Å². The Morgan fingerprint density at radius 2 is 1.71 bits per heavy atom. The van der Waals surface area contributed by atoms with Crippen molar-refractivity contribution in [2.75, 3.05) is 14.2 Å². The molecule has 1 aromatic rings. The summed E-state index contributed by atoms with van der Waals surface area (Å²) in [6.07, 6.45) is 0. The van der Waals surface area contributed by atoms with Crippen molar-refractivity contribution in [3.8, 4) is 0 Å². The van der Waals surface area contributed by atoms with Crippen LogP contribution in [0.15, 0.2) is 34.3 Å². The summed E-state index contributed by atoms with van der Waals surface area (Å²) >= 11 is 0. The molecule has 0 unspecified atom stereocenters. The van der Waals surface area contributed by atoms with Gasteiger partial charge in [0.15, 0.2) is 5.78 Å². The van der Waals surface area contributed by atoms with Gasteiger partial charge >= 0.3 is 7.75 Å². The number of rotatable bonds is 5. The molecule has 6 nitrogen and oxygen atoms in total. The van der Waals surface area contributed by atoms with Crippen LogP contribution < -0.4 is 0 Å². The molecule has 1 rings (SSSR count). The zero-order valence-corrected chi connectivity index (χ0v) is 10.7. The van der Waals surface area contributed by atoms with E-state index in [1.165, 1.54) is 21.1 Å². The zero-order chi connectivity index (χ0) is 12.9. The minimum absolute atomic E-state index is 0.0343. The topological polar surface area (TPSA) is 77.3 Å². The largest absolute Gasteiger partial charge is 0.471 e. The lowest BCUT2D eigenvalue weighted by Gasteiger charge is -2.04. The van der Waals surface area contributed by atoms with Crippen molar-refractivity contribution >= 4 is 19.2 Å². The second kappa shape index (κ2) is 5.82. The van der Waals surface area contributed by atoms with Crippen molar-refractivity contribution in [1.82, 2.24) is 0 Å². The third-order valence-corrected chi connectivity index (χ3v) is 3.24. The number of nitrogens with zero attached hydrogens (tertiary/aromatic N) is 2. The Balaban J connectivity index is 2.86. The van der Waals surface area contributed by atoms with Gasteiger partial charge in [0, 0.05) is 19.8 Å². The van der Waals surface area contributed by atoms with Crippen LogP contribution in [-0.4, -0.2) is 20.0 Å². The summed E-state index contributed by atoms with van der Waals surface area (Å²) in [7, 11) is -1.04. The molecule has 0 heterocycles. The van der Waals surface area contributed by atoms with Gasteiger partial charge in [-0.1, -0.05) is 4.88 Å². The minimum atomic E-state index is -3.49. The van der Waals surface area contributed by atoms with Crippen LogP contribution in [0.25, 0.3) is 0 Å². The van der Waals surface area contributed by atoms with E-state index < -0.39 is 7.75 Å². The highest BCUT2D eigenvalue weighted by molar-refractivity contribution is 7.52. The maximum atomic E-state index is 11.5. The Morgan fingerprint density at radius 1 is 1.18 bits per heavy atom.